The predicted octanol–water partition coefficient (Wildman–Crippen LogP) is 2.47. The van der Waals surface area contributed by atoms with E-state index in [9.17, 15) is 9.59 Å². The molecule has 126 valence electrons. The molecule has 24 heavy (non-hydrogen) atoms. The van der Waals surface area contributed by atoms with Crippen LogP contribution < -0.4 is 5.73 Å². The summed E-state index contributed by atoms with van der Waals surface area (Å²) in [6, 6.07) is 10.0. The fourth-order valence-electron chi connectivity index (χ4n) is 2.95. The molecule has 0 atom stereocenters. The van der Waals surface area contributed by atoms with Gasteiger partial charge in [0.2, 0.25) is 11.8 Å². The van der Waals surface area contributed by atoms with Crippen LogP contribution in [0.3, 0.4) is 0 Å². The van der Waals surface area contributed by atoms with Crippen molar-refractivity contribution in [2.75, 3.05) is 13.1 Å². The summed E-state index contributed by atoms with van der Waals surface area (Å²) in [7, 11) is 0. The topological polar surface area (TPSA) is 76.3 Å². The average Bonchev–Trinajstić information content (AvgIpc) is 3.09. The normalized spacial score (nSPS) is 15.4. The van der Waals surface area contributed by atoms with E-state index in [0.29, 0.717) is 38.8 Å². The molecule has 2 N–H and O–H groups in total. The molecule has 0 spiro atoms. The summed E-state index contributed by atoms with van der Waals surface area (Å²) < 4.78 is 0. The Morgan fingerprint density at radius 2 is 1.92 bits per heavy atom. The molecule has 0 radical (unpaired) electrons. The van der Waals surface area contributed by atoms with E-state index in [1.807, 2.05) is 40.6 Å². The van der Waals surface area contributed by atoms with Crippen LogP contribution in [0.2, 0.25) is 0 Å². The van der Waals surface area contributed by atoms with Gasteiger partial charge < -0.3 is 10.6 Å². The third-order valence-electron chi connectivity index (χ3n) is 4.42. The van der Waals surface area contributed by atoms with E-state index in [-0.39, 0.29) is 17.7 Å². The van der Waals surface area contributed by atoms with Gasteiger partial charge in [-0.15, -0.1) is 11.3 Å². The highest BCUT2D eigenvalue weighted by molar-refractivity contribution is 7.09. The number of hydrogen-bond acceptors (Lipinski definition) is 4. The van der Waals surface area contributed by atoms with Crippen molar-refractivity contribution < 1.29 is 9.59 Å². The lowest BCUT2D eigenvalue weighted by atomic mass is 9.96. The van der Waals surface area contributed by atoms with Gasteiger partial charge in [-0.05, 0) is 12.8 Å². The molecule has 2 heterocycles. The van der Waals surface area contributed by atoms with Crippen LogP contribution in [-0.2, 0) is 16.0 Å². The number of thiazole rings is 1. The van der Waals surface area contributed by atoms with Crippen molar-refractivity contribution in [3.05, 3.63) is 40.7 Å². The van der Waals surface area contributed by atoms with Crippen LogP contribution in [0.1, 0.15) is 24.3 Å². The molecule has 0 aliphatic carbocycles. The van der Waals surface area contributed by atoms with Crippen LogP contribution in [0.15, 0.2) is 35.7 Å². The number of likely N-dealkylation sites (tertiary alicyclic amines) is 1. The molecule has 5 nitrogen and oxygen atoms in total. The van der Waals surface area contributed by atoms with Crippen LogP contribution in [-0.4, -0.2) is 34.8 Å². The maximum absolute atomic E-state index is 12.3. The molecule has 1 aliphatic heterocycles. The Labute approximate surface area is 145 Å². The number of primary amides is 1. The highest BCUT2D eigenvalue weighted by Crippen LogP contribution is 2.23. The molecular weight excluding hydrogens is 322 g/mol. The quantitative estimate of drug-likeness (QED) is 0.906. The summed E-state index contributed by atoms with van der Waals surface area (Å²) >= 11 is 1.59. The summed E-state index contributed by atoms with van der Waals surface area (Å²) in [5.41, 5.74) is 7.38. The first kappa shape index (κ1) is 16.6. The number of piperidine rings is 1. The number of benzene rings is 1. The van der Waals surface area contributed by atoms with Crippen LogP contribution in [0, 0.1) is 5.92 Å². The second-order valence-electron chi connectivity index (χ2n) is 6.05. The molecule has 2 aromatic rings. The molecule has 1 aromatic carbocycles. The van der Waals surface area contributed by atoms with Crippen molar-refractivity contribution >= 4 is 23.2 Å². The Hall–Kier alpha value is -2.21. The molecule has 3 rings (SSSR count). The zero-order chi connectivity index (χ0) is 16.9. The molecule has 1 fully saturated rings. The molecule has 1 aromatic heterocycles. The highest BCUT2D eigenvalue weighted by atomic mass is 32.1. The van der Waals surface area contributed by atoms with Gasteiger partial charge in [0.1, 0.15) is 0 Å². The van der Waals surface area contributed by atoms with E-state index < -0.39 is 0 Å². The molecule has 1 aliphatic rings. The van der Waals surface area contributed by atoms with Crippen LogP contribution >= 0.6 is 11.3 Å². The summed E-state index contributed by atoms with van der Waals surface area (Å²) in [6.45, 7) is 1.25. The zero-order valence-corrected chi connectivity index (χ0v) is 14.3. The van der Waals surface area contributed by atoms with Crippen molar-refractivity contribution in [1.82, 2.24) is 9.88 Å². The van der Waals surface area contributed by atoms with Gasteiger partial charge in [0.15, 0.2) is 0 Å². The lowest BCUT2D eigenvalue weighted by Crippen LogP contribution is -2.41. The second kappa shape index (κ2) is 7.57. The van der Waals surface area contributed by atoms with E-state index in [2.05, 4.69) is 4.98 Å². The van der Waals surface area contributed by atoms with Crippen LogP contribution in [0.5, 0.6) is 0 Å². The summed E-state index contributed by atoms with van der Waals surface area (Å²) in [4.78, 5) is 29.9. The average molecular weight is 343 g/mol. The minimum absolute atomic E-state index is 0.0820. The number of carbonyl (C=O) groups is 2. The molecule has 0 saturated carbocycles. The third kappa shape index (κ3) is 4.00. The Kier molecular flexibility index (Phi) is 5.25. The van der Waals surface area contributed by atoms with E-state index in [1.165, 1.54) is 0 Å². The Balaban J connectivity index is 1.50. The standard InChI is InChI=1S/C18H21N3O2S/c19-18(23)14-8-10-21(11-9-14)17(22)7-6-16-20-15(12-24-16)13-4-2-1-3-5-13/h1-5,12,14H,6-11H2,(H2,19,23). The van der Waals surface area contributed by atoms with Crippen molar-refractivity contribution in [2.24, 2.45) is 11.7 Å². The van der Waals surface area contributed by atoms with Crippen LogP contribution in [0.4, 0.5) is 0 Å². The van der Waals surface area contributed by atoms with Crippen molar-refractivity contribution in [2.45, 2.75) is 25.7 Å². The third-order valence-corrected chi connectivity index (χ3v) is 5.33. The first-order valence-electron chi connectivity index (χ1n) is 8.20. The van der Waals surface area contributed by atoms with Crippen molar-refractivity contribution in [3.8, 4) is 11.3 Å². The summed E-state index contributed by atoms with van der Waals surface area (Å²) in [6.07, 6.45) is 2.47. The van der Waals surface area contributed by atoms with E-state index in [1.54, 1.807) is 11.3 Å². The van der Waals surface area contributed by atoms with Gasteiger partial charge in [-0.3, -0.25) is 9.59 Å². The first-order valence-corrected chi connectivity index (χ1v) is 9.08. The molecule has 0 bridgehead atoms. The molecule has 2 amide bonds. The highest BCUT2D eigenvalue weighted by Gasteiger charge is 2.25. The number of rotatable bonds is 5. The molecular formula is C18H21N3O2S. The number of amides is 2. The van der Waals surface area contributed by atoms with Gasteiger partial charge in [0.05, 0.1) is 10.7 Å². The lowest BCUT2D eigenvalue weighted by molar-refractivity contribution is -0.134. The largest absolute Gasteiger partial charge is 0.369 e. The van der Waals surface area contributed by atoms with Crippen molar-refractivity contribution in [1.29, 1.82) is 0 Å². The summed E-state index contributed by atoms with van der Waals surface area (Å²) in [5.74, 6) is -0.200. The summed E-state index contributed by atoms with van der Waals surface area (Å²) in [5, 5.41) is 3.02. The van der Waals surface area contributed by atoms with Gasteiger partial charge in [0.25, 0.3) is 0 Å². The van der Waals surface area contributed by atoms with E-state index in [4.69, 9.17) is 5.73 Å². The first-order chi connectivity index (χ1) is 11.6. The Bertz CT molecular complexity index is 706. The number of hydrogen-bond donors (Lipinski definition) is 1. The Morgan fingerprint density at radius 1 is 1.21 bits per heavy atom. The van der Waals surface area contributed by atoms with E-state index >= 15 is 0 Å². The minimum Gasteiger partial charge on any atom is -0.369 e. The van der Waals surface area contributed by atoms with Crippen molar-refractivity contribution in [3.63, 3.8) is 0 Å². The number of nitrogens with zero attached hydrogens (tertiary/aromatic N) is 2. The fraction of sp³-hybridized carbons (Fsp3) is 0.389. The van der Waals surface area contributed by atoms with Gasteiger partial charge in [-0.1, -0.05) is 30.3 Å². The smallest absolute Gasteiger partial charge is 0.222 e. The number of aromatic nitrogens is 1. The number of nitrogens with two attached hydrogens (primary N) is 1. The Morgan fingerprint density at radius 3 is 2.58 bits per heavy atom. The maximum atomic E-state index is 12.3. The molecule has 0 unspecified atom stereocenters. The SMILES string of the molecule is NC(=O)C1CCN(C(=O)CCc2nc(-c3ccccc3)cs2)CC1. The van der Waals surface area contributed by atoms with Crippen LogP contribution in [0.25, 0.3) is 11.3 Å². The van der Waals surface area contributed by atoms with Gasteiger partial charge in [-0.25, -0.2) is 4.98 Å². The maximum Gasteiger partial charge on any atom is 0.222 e. The van der Waals surface area contributed by atoms with E-state index in [0.717, 1.165) is 16.3 Å². The van der Waals surface area contributed by atoms with Gasteiger partial charge >= 0.3 is 0 Å². The number of aryl methyl sites for hydroxylation is 1. The molecule has 1 saturated heterocycles. The monoisotopic (exact) mass is 343 g/mol. The fourth-order valence-corrected chi connectivity index (χ4v) is 3.76. The lowest BCUT2D eigenvalue weighted by Gasteiger charge is -2.30. The van der Waals surface area contributed by atoms with Gasteiger partial charge in [0, 0.05) is 42.8 Å². The van der Waals surface area contributed by atoms with Gasteiger partial charge in [-0.2, -0.15) is 0 Å². The zero-order valence-electron chi connectivity index (χ0n) is 13.5. The minimum atomic E-state index is -0.252. The molecule has 6 heteroatoms. The predicted molar refractivity (Wildman–Crippen MR) is 94.4 cm³/mol. The second-order valence-corrected chi connectivity index (χ2v) is 6.99. The number of carbonyl (C=O) groups excluding carboxylic acids is 2.